The van der Waals surface area contributed by atoms with E-state index in [9.17, 15) is 27.2 Å². The molecule has 2 aliphatic carbocycles. The first-order chi connectivity index (χ1) is 20.9. The van der Waals surface area contributed by atoms with Gasteiger partial charge in [-0.25, -0.2) is 19.2 Å². The van der Waals surface area contributed by atoms with Crippen molar-refractivity contribution >= 4 is 12.0 Å². The summed E-state index contributed by atoms with van der Waals surface area (Å²) in [5, 5.41) is 0. The molecule has 3 aliphatic rings. The van der Waals surface area contributed by atoms with Crippen molar-refractivity contribution in [3.63, 3.8) is 0 Å². The average Bonchev–Trinajstić information content (AvgIpc) is 3.73. The van der Waals surface area contributed by atoms with E-state index in [1.165, 1.54) is 24.4 Å². The molecule has 44 heavy (non-hydrogen) atoms. The highest BCUT2D eigenvalue weighted by molar-refractivity contribution is 5.82. The molecule has 9 nitrogen and oxygen atoms in total. The van der Waals surface area contributed by atoms with Crippen molar-refractivity contribution in [2.45, 2.75) is 94.8 Å². The number of carbonyl (C=O) groups excluding carboxylic acids is 2. The second-order valence-electron chi connectivity index (χ2n) is 12.2. The highest BCUT2D eigenvalue weighted by Crippen LogP contribution is 2.61. The van der Waals surface area contributed by atoms with Crippen molar-refractivity contribution < 1.29 is 41.4 Å². The van der Waals surface area contributed by atoms with E-state index in [0.29, 0.717) is 36.4 Å². The highest BCUT2D eigenvalue weighted by atomic mass is 19.4. The second kappa shape index (κ2) is 12.9. The van der Waals surface area contributed by atoms with Gasteiger partial charge >= 0.3 is 18.2 Å². The molecule has 2 heterocycles. The third-order valence-electron chi connectivity index (χ3n) is 8.99. The molecular formula is C31H38F4N4O5. The van der Waals surface area contributed by atoms with E-state index in [1.807, 2.05) is 0 Å². The zero-order valence-corrected chi connectivity index (χ0v) is 25.1. The van der Waals surface area contributed by atoms with E-state index in [4.69, 9.17) is 14.2 Å². The topological polar surface area (TPSA) is 94.1 Å². The van der Waals surface area contributed by atoms with E-state index in [1.54, 1.807) is 38.1 Å². The Labute approximate surface area is 253 Å². The summed E-state index contributed by atoms with van der Waals surface area (Å²) in [6, 6.07) is 4.66. The lowest BCUT2D eigenvalue weighted by molar-refractivity contribution is -0.191. The minimum atomic E-state index is -5.11. The van der Waals surface area contributed by atoms with Crippen molar-refractivity contribution in [1.82, 2.24) is 19.8 Å². The number of fused-ring (bicyclic) bond motifs is 1. The van der Waals surface area contributed by atoms with Gasteiger partial charge in [-0.05, 0) is 76.0 Å². The van der Waals surface area contributed by atoms with Crippen LogP contribution in [0.2, 0.25) is 0 Å². The molecule has 0 spiro atoms. The van der Waals surface area contributed by atoms with Gasteiger partial charge in [0.15, 0.2) is 5.82 Å². The van der Waals surface area contributed by atoms with Crippen LogP contribution in [0.15, 0.2) is 36.7 Å². The summed E-state index contributed by atoms with van der Waals surface area (Å²) < 4.78 is 72.3. The Morgan fingerprint density at radius 2 is 1.84 bits per heavy atom. The van der Waals surface area contributed by atoms with Crippen molar-refractivity contribution in [1.29, 1.82) is 0 Å². The monoisotopic (exact) mass is 622 g/mol. The molecule has 1 saturated heterocycles. The molecule has 240 valence electrons. The first-order valence-corrected chi connectivity index (χ1v) is 15.0. The number of aromatic nitrogens is 2. The second-order valence-corrected chi connectivity index (χ2v) is 12.2. The number of rotatable bonds is 9. The lowest BCUT2D eigenvalue weighted by atomic mass is 9.86. The van der Waals surface area contributed by atoms with Gasteiger partial charge in [0, 0.05) is 18.5 Å². The van der Waals surface area contributed by atoms with E-state index in [-0.39, 0.29) is 43.6 Å². The number of halogens is 4. The molecule has 0 N–H and O–H groups in total. The number of nitrogens with zero attached hydrogens (tertiary/aromatic N) is 4. The van der Waals surface area contributed by atoms with Gasteiger partial charge in [0.1, 0.15) is 11.6 Å². The first kappa shape index (κ1) is 31.9. The van der Waals surface area contributed by atoms with Crippen LogP contribution in [-0.2, 0) is 26.2 Å². The summed E-state index contributed by atoms with van der Waals surface area (Å²) in [6.07, 6.45) is -0.480. The van der Waals surface area contributed by atoms with Crippen molar-refractivity contribution in [3.05, 3.63) is 53.9 Å². The van der Waals surface area contributed by atoms with Crippen LogP contribution in [0.3, 0.4) is 0 Å². The number of hydrogen-bond donors (Lipinski definition) is 0. The summed E-state index contributed by atoms with van der Waals surface area (Å²) in [6.45, 7) is 3.30. The lowest BCUT2D eigenvalue weighted by Gasteiger charge is -2.46. The number of hydrogen-bond acceptors (Lipinski definition) is 7. The Balaban J connectivity index is 1.35. The molecule has 3 fully saturated rings. The maximum absolute atomic E-state index is 14.0. The Bertz CT molecular complexity index is 1310. The normalized spacial score (nSPS) is 26.6. The molecule has 0 bridgehead atoms. The molecule has 13 heteroatoms. The number of likely N-dealkylation sites (tertiary alicyclic amines) is 1. The Hall–Kier alpha value is -3.48. The van der Waals surface area contributed by atoms with E-state index in [2.05, 4.69) is 9.97 Å². The van der Waals surface area contributed by atoms with Gasteiger partial charge in [-0.2, -0.15) is 13.2 Å². The van der Waals surface area contributed by atoms with Crippen LogP contribution in [-0.4, -0.2) is 82.5 Å². The molecular weight excluding hydrogens is 584 g/mol. The molecule has 0 radical (unpaired) electrons. The third-order valence-corrected chi connectivity index (χ3v) is 8.99. The van der Waals surface area contributed by atoms with E-state index in [0.717, 1.165) is 17.7 Å². The van der Waals surface area contributed by atoms with Crippen molar-refractivity contribution in [2.24, 2.45) is 5.92 Å². The van der Waals surface area contributed by atoms with Crippen LogP contribution in [0.5, 0.6) is 5.75 Å². The smallest absolute Gasteiger partial charge is 0.471 e. The predicted octanol–water partition coefficient (Wildman–Crippen LogP) is 5.42. The number of amides is 2. The summed E-state index contributed by atoms with van der Waals surface area (Å²) >= 11 is 0. The van der Waals surface area contributed by atoms with Crippen LogP contribution in [0.25, 0.3) is 0 Å². The first-order valence-electron chi connectivity index (χ1n) is 15.0. The van der Waals surface area contributed by atoms with Crippen molar-refractivity contribution in [3.8, 4) is 5.75 Å². The minimum absolute atomic E-state index is 0.0560. The number of piperidine rings is 1. The number of alkyl halides is 3. The Morgan fingerprint density at radius 1 is 1.14 bits per heavy atom. The third kappa shape index (κ3) is 6.92. The molecule has 2 amide bonds. The molecule has 5 unspecified atom stereocenters. The van der Waals surface area contributed by atoms with E-state index >= 15 is 0 Å². The van der Waals surface area contributed by atoms with Crippen LogP contribution >= 0.6 is 0 Å². The standard InChI is InChI=1S/C31H38F4N4O5/c1-19(2)44-29(41)38-12-4-5-25(39(28(40)31(33,34)35)17-20-6-8-23(42-3)9-7-20)26(38)18-43-24-10-11-30(14-21(30)13-24)27-36-15-22(32)16-37-27/h6-9,15-16,19,21,24-26H,4-5,10-14,17-18H2,1-3H3. The van der Waals surface area contributed by atoms with Gasteiger partial charge < -0.3 is 24.0 Å². The molecule has 2 aromatic rings. The molecule has 1 aliphatic heterocycles. The quantitative estimate of drug-likeness (QED) is 0.345. The highest BCUT2D eigenvalue weighted by Gasteiger charge is 2.60. The minimum Gasteiger partial charge on any atom is -0.497 e. The van der Waals surface area contributed by atoms with Crippen LogP contribution in [0.1, 0.15) is 63.8 Å². The number of ether oxygens (including phenoxy) is 3. The van der Waals surface area contributed by atoms with Gasteiger partial charge in [-0.15, -0.1) is 0 Å². The fourth-order valence-electron chi connectivity index (χ4n) is 6.72. The van der Waals surface area contributed by atoms with Crippen LogP contribution in [0.4, 0.5) is 22.4 Å². The number of benzene rings is 1. The van der Waals surface area contributed by atoms with Gasteiger partial charge in [0.05, 0.1) is 50.4 Å². The Kier molecular flexibility index (Phi) is 9.33. The fraction of sp³-hybridized carbons (Fsp3) is 0.613. The zero-order chi connectivity index (χ0) is 31.6. The maximum atomic E-state index is 14.0. The Morgan fingerprint density at radius 3 is 2.45 bits per heavy atom. The fourth-order valence-corrected chi connectivity index (χ4v) is 6.72. The molecule has 2 saturated carbocycles. The molecule has 5 rings (SSSR count). The molecule has 1 aromatic heterocycles. The average molecular weight is 623 g/mol. The zero-order valence-electron chi connectivity index (χ0n) is 25.1. The maximum Gasteiger partial charge on any atom is 0.471 e. The summed E-state index contributed by atoms with van der Waals surface area (Å²) in [7, 11) is 1.48. The van der Waals surface area contributed by atoms with Gasteiger partial charge in [0.25, 0.3) is 0 Å². The number of methoxy groups -OCH3 is 1. The van der Waals surface area contributed by atoms with Gasteiger partial charge in [0.2, 0.25) is 0 Å². The summed E-state index contributed by atoms with van der Waals surface area (Å²) in [4.78, 5) is 36.7. The molecule has 1 aromatic carbocycles. The lowest BCUT2D eigenvalue weighted by Crippen LogP contribution is -2.61. The van der Waals surface area contributed by atoms with Crippen LogP contribution < -0.4 is 4.74 Å². The molecule has 5 atom stereocenters. The van der Waals surface area contributed by atoms with Gasteiger partial charge in [-0.3, -0.25) is 4.79 Å². The van der Waals surface area contributed by atoms with Crippen LogP contribution in [0, 0.1) is 11.7 Å². The largest absolute Gasteiger partial charge is 0.497 e. The summed E-state index contributed by atoms with van der Waals surface area (Å²) in [5.74, 6) is -1.06. The summed E-state index contributed by atoms with van der Waals surface area (Å²) in [5.41, 5.74) is 0.285. The van der Waals surface area contributed by atoms with E-state index < -0.39 is 42.2 Å². The van der Waals surface area contributed by atoms with Crippen molar-refractivity contribution in [2.75, 3.05) is 20.3 Å². The number of carbonyl (C=O) groups is 2. The van der Waals surface area contributed by atoms with Gasteiger partial charge in [-0.1, -0.05) is 12.1 Å². The SMILES string of the molecule is COc1ccc(CN(C(=O)C(F)(F)F)C2CCCN(C(=O)OC(C)C)C2COC2CCC3(c4ncc(F)cn4)CC3C2)cc1. The predicted molar refractivity (Wildman–Crippen MR) is 150 cm³/mol.